The maximum Gasteiger partial charge on any atom is 0.490 e. The van der Waals surface area contributed by atoms with E-state index in [1.54, 1.807) is 22.7 Å². The number of carbonyl (C=O) groups is 1. The first kappa shape index (κ1) is 25.2. The molecule has 0 unspecified atom stereocenters. The van der Waals surface area contributed by atoms with Crippen LogP contribution in [-0.2, 0) is 18.4 Å². The number of nitrogens with zero attached hydrogens (tertiary/aromatic N) is 7. The van der Waals surface area contributed by atoms with E-state index in [9.17, 15) is 17.6 Å². The van der Waals surface area contributed by atoms with Crippen molar-refractivity contribution in [2.45, 2.75) is 31.5 Å². The van der Waals surface area contributed by atoms with E-state index in [0.717, 1.165) is 38.3 Å². The summed E-state index contributed by atoms with van der Waals surface area (Å²) in [5, 5.41) is 24.7. The second-order valence-electron chi connectivity index (χ2n) is 8.40. The maximum absolute atomic E-state index is 14.2. The summed E-state index contributed by atoms with van der Waals surface area (Å²) in [5.41, 5.74) is 3.00. The Morgan fingerprint density at radius 3 is 2.42 bits per heavy atom. The average molecular weight is 505 g/mol. The smallest absolute Gasteiger partial charge is 0.475 e. The van der Waals surface area contributed by atoms with Gasteiger partial charge < -0.3 is 5.11 Å². The predicted octanol–water partition coefficient (Wildman–Crippen LogP) is 3.68. The Bertz CT molecular complexity index is 1340. The van der Waals surface area contributed by atoms with E-state index in [1.807, 2.05) is 30.1 Å². The van der Waals surface area contributed by atoms with Crippen molar-refractivity contribution in [3.8, 4) is 11.3 Å². The van der Waals surface area contributed by atoms with Gasteiger partial charge in [0.1, 0.15) is 5.82 Å². The summed E-state index contributed by atoms with van der Waals surface area (Å²) in [6, 6.07) is 10.3. The van der Waals surface area contributed by atoms with Crippen LogP contribution >= 0.6 is 0 Å². The molecule has 1 fully saturated rings. The molecule has 0 radical (unpaired) electrons. The normalized spacial score (nSPS) is 15.0. The number of hydrogen-bond donors (Lipinski definition) is 1. The molecule has 4 aromatic rings. The van der Waals surface area contributed by atoms with Crippen molar-refractivity contribution in [3.63, 3.8) is 0 Å². The lowest BCUT2D eigenvalue weighted by Crippen LogP contribution is -2.33. The van der Waals surface area contributed by atoms with Gasteiger partial charge in [-0.15, -0.1) is 10.2 Å². The third-order valence-corrected chi connectivity index (χ3v) is 5.80. The topological polar surface area (TPSA) is 101 Å². The Hall–Kier alpha value is -3.87. The van der Waals surface area contributed by atoms with Crippen LogP contribution in [0.2, 0.25) is 0 Å². The van der Waals surface area contributed by atoms with Crippen molar-refractivity contribution in [2.75, 3.05) is 13.1 Å². The minimum Gasteiger partial charge on any atom is -0.475 e. The van der Waals surface area contributed by atoms with Crippen LogP contribution in [0.25, 0.3) is 16.9 Å². The fourth-order valence-electron chi connectivity index (χ4n) is 4.03. The van der Waals surface area contributed by atoms with Crippen molar-refractivity contribution in [2.24, 2.45) is 7.05 Å². The molecule has 36 heavy (non-hydrogen) atoms. The summed E-state index contributed by atoms with van der Waals surface area (Å²) < 4.78 is 49.5. The number of carboxylic acid groups (broad SMARTS) is 1. The highest BCUT2D eigenvalue weighted by molar-refractivity contribution is 5.73. The Morgan fingerprint density at radius 2 is 1.81 bits per heavy atom. The summed E-state index contributed by atoms with van der Waals surface area (Å²) in [7, 11) is 1.94. The summed E-state index contributed by atoms with van der Waals surface area (Å²) in [5.74, 6) is -1.89. The zero-order valence-electron chi connectivity index (χ0n) is 19.2. The van der Waals surface area contributed by atoms with E-state index in [1.165, 1.54) is 11.6 Å². The minimum atomic E-state index is -5.08. The lowest BCUT2D eigenvalue weighted by molar-refractivity contribution is -0.192. The van der Waals surface area contributed by atoms with Gasteiger partial charge in [-0.25, -0.2) is 9.18 Å². The van der Waals surface area contributed by atoms with Crippen LogP contribution in [-0.4, -0.2) is 64.8 Å². The average Bonchev–Trinajstić information content (AvgIpc) is 3.45. The van der Waals surface area contributed by atoms with Gasteiger partial charge in [0.15, 0.2) is 11.5 Å². The van der Waals surface area contributed by atoms with E-state index in [0.29, 0.717) is 22.8 Å². The third-order valence-electron chi connectivity index (χ3n) is 5.80. The summed E-state index contributed by atoms with van der Waals surface area (Å²) >= 11 is 0. The van der Waals surface area contributed by atoms with Crippen LogP contribution in [0.5, 0.6) is 0 Å². The Morgan fingerprint density at radius 1 is 1.11 bits per heavy atom. The van der Waals surface area contributed by atoms with Crippen LogP contribution < -0.4 is 0 Å². The largest absolute Gasteiger partial charge is 0.490 e. The molecule has 13 heteroatoms. The van der Waals surface area contributed by atoms with Crippen LogP contribution in [0.4, 0.5) is 17.6 Å². The zero-order chi connectivity index (χ0) is 25.9. The third kappa shape index (κ3) is 5.85. The van der Waals surface area contributed by atoms with Gasteiger partial charge in [-0.05, 0) is 50.2 Å². The molecule has 9 nitrogen and oxygen atoms in total. The highest BCUT2D eigenvalue weighted by Gasteiger charge is 2.38. The fraction of sp³-hybridized carbons (Fsp3) is 0.348. The molecule has 0 bridgehead atoms. The number of hydrogen-bond acceptors (Lipinski definition) is 6. The monoisotopic (exact) mass is 505 g/mol. The number of aliphatic carboxylic acids is 1. The van der Waals surface area contributed by atoms with Gasteiger partial charge in [-0.1, -0.05) is 12.1 Å². The van der Waals surface area contributed by atoms with Gasteiger partial charge in [-0.2, -0.15) is 27.9 Å². The SMILES string of the molecule is Cn1cc(CN2CCC(c3nnc4ccc(-c5ccccc5F)nn34)CC2)cn1.O=C(O)C(F)(F)F. The second kappa shape index (κ2) is 10.4. The molecule has 0 saturated carbocycles. The van der Waals surface area contributed by atoms with Crippen LogP contribution in [0.15, 0.2) is 48.8 Å². The molecule has 0 atom stereocenters. The van der Waals surface area contributed by atoms with Gasteiger partial charge >= 0.3 is 12.1 Å². The molecule has 5 rings (SSSR count). The van der Waals surface area contributed by atoms with Crippen molar-refractivity contribution >= 4 is 11.6 Å². The molecule has 1 saturated heterocycles. The molecule has 1 N–H and O–H groups in total. The Balaban J connectivity index is 0.000000384. The standard InChI is InChI=1S/C21H22FN7.C2HF3O2/c1-27-13-15(12-23-27)14-28-10-8-16(9-11-28)21-25-24-20-7-6-19(26-29(20)21)17-4-2-3-5-18(17)22;3-2(4,5)1(6)7/h2-7,12-13,16H,8-11,14H2,1H3;(H,6,7). The van der Waals surface area contributed by atoms with E-state index in [4.69, 9.17) is 9.90 Å². The quantitative estimate of drug-likeness (QED) is 0.422. The van der Waals surface area contributed by atoms with Crippen LogP contribution in [0, 0.1) is 5.82 Å². The number of alkyl halides is 3. The number of rotatable bonds is 4. The van der Waals surface area contributed by atoms with Gasteiger partial charge in [0.2, 0.25) is 0 Å². The first-order valence-electron chi connectivity index (χ1n) is 11.1. The van der Waals surface area contributed by atoms with Gasteiger partial charge in [-0.3, -0.25) is 9.58 Å². The number of piperidine rings is 1. The van der Waals surface area contributed by atoms with Gasteiger partial charge in [0.05, 0.1) is 11.9 Å². The van der Waals surface area contributed by atoms with Crippen molar-refractivity contribution in [1.82, 2.24) is 34.5 Å². The number of halogens is 4. The van der Waals surface area contributed by atoms with E-state index >= 15 is 0 Å². The molecule has 0 amide bonds. The number of likely N-dealkylation sites (tertiary alicyclic amines) is 1. The molecular weight excluding hydrogens is 482 g/mol. The number of aryl methyl sites for hydroxylation is 1. The number of benzene rings is 1. The summed E-state index contributed by atoms with van der Waals surface area (Å²) in [6.45, 7) is 2.89. The predicted molar refractivity (Wildman–Crippen MR) is 120 cm³/mol. The lowest BCUT2D eigenvalue weighted by atomic mass is 9.96. The number of carboxylic acids is 1. The van der Waals surface area contributed by atoms with E-state index in [2.05, 4.69) is 31.5 Å². The molecule has 4 heterocycles. The van der Waals surface area contributed by atoms with Crippen molar-refractivity contribution < 1.29 is 27.5 Å². The molecule has 0 spiro atoms. The van der Waals surface area contributed by atoms with Gasteiger partial charge in [0, 0.05) is 36.8 Å². The lowest BCUT2D eigenvalue weighted by Gasteiger charge is -2.30. The molecule has 1 aliphatic heterocycles. The van der Waals surface area contributed by atoms with Crippen LogP contribution in [0.3, 0.4) is 0 Å². The number of fused-ring (bicyclic) bond motifs is 1. The molecule has 190 valence electrons. The van der Waals surface area contributed by atoms with E-state index in [-0.39, 0.29) is 5.82 Å². The summed E-state index contributed by atoms with van der Waals surface area (Å²) in [4.78, 5) is 11.3. The molecular formula is C23H23F4N7O2. The van der Waals surface area contributed by atoms with Crippen LogP contribution in [0.1, 0.15) is 30.1 Å². The summed E-state index contributed by atoms with van der Waals surface area (Å²) in [6.07, 6.45) is 0.887. The minimum absolute atomic E-state index is 0.280. The van der Waals surface area contributed by atoms with Gasteiger partial charge in [0.25, 0.3) is 0 Å². The first-order chi connectivity index (χ1) is 17.1. The number of aromatic nitrogens is 6. The highest BCUT2D eigenvalue weighted by atomic mass is 19.4. The fourth-order valence-corrected chi connectivity index (χ4v) is 4.03. The molecule has 3 aromatic heterocycles. The Kier molecular flexibility index (Phi) is 7.29. The maximum atomic E-state index is 14.2. The molecule has 1 aliphatic rings. The first-order valence-corrected chi connectivity index (χ1v) is 11.1. The highest BCUT2D eigenvalue weighted by Crippen LogP contribution is 2.28. The van der Waals surface area contributed by atoms with Crippen molar-refractivity contribution in [1.29, 1.82) is 0 Å². The molecule has 0 aliphatic carbocycles. The zero-order valence-corrected chi connectivity index (χ0v) is 19.2. The van der Waals surface area contributed by atoms with E-state index < -0.39 is 12.1 Å². The molecule has 1 aromatic carbocycles. The second-order valence-corrected chi connectivity index (χ2v) is 8.40. The Labute approximate surface area is 203 Å². The van der Waals surface area contributed by atoms with Crippen molar-refractivity contribution in [3.05, 3.63) is 66.0 Å².